The number of hydrogen-bond donors (Lipinski definition) is 2. The first-order chi connectivity index (χ1) is 21.7. The molecule has 0 unspecified atom stereocenters. The molecule has 0 bridgehead atoms. The number of halogens is 3. The van der Waals surface area contributed by atoms with Gasteiger partial charge in [0.1, 0.15) is 6.04 Å². The first kappa shape index (κ1) is 31.5. The maximum atomic E-state index is 13.0. The van der Waals surface area contributed by atoms with Crippen molar-refractivity contribution in [2.24, 2.45) is 0 Å². The van der Waals surface area contributed by atoms with Gasteiger partial charge in [0.25, 0.3) is 0 Å². The van der Waals surface area contributed by atoms with E-state index in [1.165, 1.54) is 0 Å². The summed E-state index contributed by atoms with van der Waals surface area (Å²) >= 11 is 3.26. The second kappa shape index (κ2) is 13.5. The van der Waals surface area contributed by atoms with Crippen LogP contribution >= 0.6 is 23.1 Å². The van der Waals surface area contributed by atoms with Crippen molar-refractivity contribution >= 4 is 50.8 Å². The van der Waals surface area contributed by atoms with E-state index in [1.54, 1.807) is 47.4 Å². The van der Waals surface area contributed by atoms with Crippen LogP contribution in [0.2, 0.25) is 0 Å². The van der Waals surface area contributed by atoms with E-state index in [9.17, 15) is 27.9 Å². The number of carbonyl (C=O) groups excluding carboxylic acids is 2. The number of benzene rings is 3. The van der Waals surface area contributed by atoms with Crippen molar-refractivity contribution in [3.63, 3.8) is 0 Å². The molecule has 2 aliphatic heterocycles. The summed E-state index contributed by atoms with van der Waals surface area (Å²) in [5, 5.41) is 12.1. The molecule has 0 radical (unpaired) electrons. The minimum absolute atomic E-state index is 0.0563. The van der Waals surface area contributed by atoms with E-state index >= 15 is 0 Å². The molecule has 0 spiro atoms. The third kappa shape index (κ3) is 7.33. The van der Waals surface area contributed by atoms with E-state index in [0.29, 0.717) is 34.7 Å². The molecule has 2 saturated heterocycles. The van der Waals surface area contributed by atoms with Crippen molar-refractivity contribution in [1.29, 1.82) is 0 Å². The van der Waals surface area contributed by atoms with Gasteiger partial charge in [-0.1, -0.05) is 60.3 Å². The van der Waals surface area contributed by atoms with Gasteiger partial charge in [0, 0.05) is 30.0 Å². The predicted molar refractivity (Wildman–Crippen MR) is 165 cm³/mol. The second-order valence-electron chi connectivity index (χ2n) is 10.9. The van der Waals surface area contributed by atoms with Gasteiger partial charge < -0.3 is 24.8 Å². The van der Waals surface area contributed by atoms with Crippen LogP contribution in [0.25, 0.3) is 10.2 Å². The van der Waals surface area contributed by atoms with Gasteiger partial charge in [-0.25, -0.2) is 4.98 Å². The number of anilines is 1. The third-order valence-corrected chi connectivity index (χ3v) is 10.1. The molecule has 13 heteroatoms. The van der Waals surface area contributed by atoms with Crippen LogP contribution in [0.1, 0.15) is 48.3 Å². The number of nitrogens with zero attached hydrogens (tertiary/aromatic N) is 2. The van der Waals surface area contributed by atoms with E-state index in [0.717, 1.165) is 25.7 Å². The van der Waals surface area contributed by atoms with Crippen molar-refractivity contribution in [1.82, 2.24) is 9.88 Å². The minimum atomic E-state index is -5.03. The molecule has 0 saturated carbocycles. The average molecular weight is 658 g/mol. The number of alkyl halides is 3. The Kier molecular flexibility index (Phi) is 9.43. The summed E-state index contributed by atoms with van der Waals surface area (Å²) in [5.41, 5.74) is 3.79. The number of amides is 2. The molecule has 8 nitrogen and oxygen atoms in total. The summed E-state index contributed by atoms with van der Waals surface area (Å²) in [7, 11) is 0. The highest BCUT2D eigenvalue weighted by atomic mass is 32.2. The van der Waals surface area contributed by atoms with Gasteiger partial charge in [-0.15, -0.1) is 11.3 Å². The lowest BCUT2D eigenvalue weighted by Gasteiger charge is -2.36. The smallest absolute Gasteiger partial charge is 0.392 e. The lowest BCUT2D eigenvalue weighted by atomic mass is 10.0. The number of thioether (sulfide) groups is 1. The molecular formula is C32H30F3N3O5S2. The fourth-order valence-electron chi connectivity index (χ4n) is 5.49. The van der Waals surface area contributed by atoms with E-state index in [-0.39, 0.29) is 31.8 Å². The molecule has 4 atom stereocenters. The van der Waals surface area contributed by atoms with E-state index < -0.39 is 30.3 Å². The monoisotopic (exact) mass is 657 g/mol. The van der Waals surface area contributed by atoms with E-state index in [2.05, 4.69) is 5.32 Å². The zero-order valence-corrected chi connectivity index (χ0v) is 25.5. The quantitative estimate of drug-likeness (QED) is 0.206. The van der Waals surface area contributed by atoms with Crippen molar-refractivity contribution in [2.75, 3.05) is 17.6 Å². The van der Waals surface area contributed by atoms with Gasteiger partial charge in [-0.05, 0) is 48.2 Å². The van der Waals surface area contributed by atoms with Gasteiger partial charge in [0.05, 0.1) is 29.0 Å². The Morgan fingerprint density at radius 2 is 1.76 bits per heavy atom. The highest BCUT2D eigenvalue weighted by Gasteiger charge is 2.47. The van der Waals surface area contributed by atoms with Gasteiger partial charge in [-0.3, -0.25) is 9.59 Å². The van der Waals surface area contributed by atoms with Crippen molar-refractivity contribution in [2.45, 2.75) is 60.9 Å². The first-order valence-corrected chi connectivity index (χ1v) is 16.3. The van der Waals surface area contributed by atoms with Gasteiger partial charge in [0.2, 0.25) is 5.91 Å². The van der Waals surface area contributed by atoms with Crippen LogP contribution in [0.3, 0.4) is 0 Å². The topological polar surface area (TPSA) is 101 Å². The van der Waals surface area contributed by atoms with Crippen LogP contribution in [-0.4, -0.2) is 57.4 Å². The van der Waals surface area contributed by atoms with Crippen LogP contribution in [0.15, 0.2) is 77.1 Å². The number of aliphatic hydroxyl groups excluding tert-OH is 1. The summed E-state index contributed by atoms with van der Waals surface area (Å²) in [6.07, 6.45) is -5.13. The number of likely N-dealkylation sites (tertiary alicyclic amines) is 1. The Morgan fingerprint density at radius 3 is 2.47 bits per heavy atom. The molecule has 45 heavy (non-hydrogen) atoms. The predicted octanol–water partition coefficient (Wildman–Crippen LogP) is 6.62. The van der Waals surface area contributed by atoms with Crippen molar-refractivity contribution in [3.8, 4) is 0 Å². The van der Waals surface area contributed by atoms with Crippen molar-refractivity contribution in [3.05, 3.63) is 89.5 Å². The van der Waals surface area contributed by atoms with Crippen LogP contribution in [0.4, 0.5) is 18.9 Å². The summed E-state index contributed by atoms with van der Waals surface area (Å²) in [6.45, 7) is -0.173. The number of rotatable bonds is 8. The number of aliphatic hydroxyl groups is 1. The Labute approximate surface area is 265 Å². The summed E-state index contributed by atoms with van der Waals surface area (Å²) < 4.78 is 53.9. The van der Waals surface area contributed by atoms with Crippen LogP contribution < -0.4 is 5.32 Å². The molecule has 2 aliphatic rings. The van der Waals surface area contributed by atoms with Crippen LogP contribution in [-0.2, 0) is 25.7 Å². The number of carbonyl (C=O) groups is 2. The van der Waals surface area contributed by atoms with E-state index in [4.69, 9.17) is 14.5 Å². The Hall–Kier alpha value is -3.49. The third-order valence-electron chi connectivity index (χ3n) is 7.79. The maximum Gasteiger partial charge on any atom is 0.471 e. The maximum absolute atomic E-state index is 13.0. The van der Waals surface area contributed by atoms with Crippen molar-refractivity contribution < 1.29 is 37.3 Å². The first-order valence-electron chi connectivity index (χ1n) is 14.5. The second-order valence-corrected chi connectivity index (χ2v) is 13.2. The largest absolute Gasteiger partial charge is 0.471 e. The fraction of sp³-hybridized carbons (Fsp3) is 0.344. The highest BCUT2D eigenvalue weighted by molar-refractivity contribution is 8.01. The Balaban J connectivity index is 1.15. The number of thiazole rings is 1. The SMILES string of the molecule is O=C(Nc1ccc([C@H]2O[C@@H](CSc3nc4ccccc4s3)C[C@@H](c3ccc(CO)cc3)O2)cc1)[C@@H]1CCCN1C(=O)C(F)(F)F. The normalized spacial score (nSPS) is 22.1. The lowest BCUT2D eigenvalue weighted by molar-refractivity contribution is -0.245. The van der Waals surface area contributed by atoms with Gasteiger partial charge >= 0.3 is 12.1 Å². The fourth-order valence-corrected chi connectivity index (χ4v) is 7.61. The van der Waals surface area contributed by atoms with Crippen LogP contribution in [0, 0.1) is 0 Å². The number of nitrogens with one attached hydrogen (secondary N) is 1. The zero-order valence-electron chi connectivity index (χ0n) is 23.9. The number of para-hydroxylation sites is 1. The summed E-state index contributed by atoms with van der Waals surface area (Å²) in [5.74, 6) is -2.02. The number of hydrogen-bond acceptors (Lipinski definition) is 8. The average Bonchev–Trinajstić information content (AvgIpc) is 3.71. The van der Waals surface area contributed by atoms with Gasteiger partial charge in [-0.2, -0.15) is 13.2 Å². The van der Waals surface area contributed by atoms with E-state index in [1.807, 2.05) is 48.5 Å². The lowest BCUT2D eigenvalue weighted by Crippen LogP contribution is -2.48. The van der Waals surface area contributed by atoms with Crippen LogP contribution in [0.5, 0.6) is 0 Å². The Morgan fingerprint density at radius 1 is 1.02 bits per heavy atom. The molecule has 3 heterocycles. The Bertz CT molecular complexity index is 1620. The zero-order chi connectivity index (χ0) is 31.6. The molecule has 6 rings (SSSR count). The minimum Gasteiger partial charge on any atom is -0.392 e. The number of fused-ring (bicyclic) bond motifs is 1. The molecular weight excluding hydrogens is 627 g/mol. The number of ether oxygens (including phenoxy) is 2. The van der Waals surface area contributed by atoms with Gasteiger partial charge in [0.15, 0.2) is 10.6 Å². The molecule has 236 valence electrons. The molecule has 1 aromatic heterocycles. The molecule has 2 fully saturated rings. The molecule has 0 aliphatic carbocycles. The molecule has 3 aromatic carbocycles. The highest BCUT2D eigenvalue weighted by Crippen LogP contribution is 2.40. The summed E-state index contributed by atoms with van der Waals surface area (Å²) in [4.78, 5) is 29.9. The standard InChI is InChI=1S/C32H30F3N3O5S2/c33-32(34,35)30(41)38-15-3-5-25(38)28(40)36-22-13-11-21(12-14-22)29-42-23(16-26(43-29)20-9-7-19(17-39)8-10-20)18-44-31-37-24-4-1-2-6-27(24)45-31/h1-2,4,6-14,23,25-26,29,39H,3,5,15-18H2,(H,36,40)/t23-,25+,26+,29+/m1/s1. The summed E-state index contributed by atoms with van der Waals surface area (Å²) in [6, 6.07) is 21.1. The number of aromatic nitrogens is 1. The molecule has 2 amide bonds. The molecule has 2 N–H and O–H groups in total. The molecule has 4 aromatic rings.